The van der Waals surface area contributed by atoms with Crippen molar-refractivity contribution < 1.29 is 28.7 Å². The molecule has 1 saturated heterocycles. The van der Waals surface area contributed by atoms with E-state index >= 15 is 0 Å². The molecule has 0 aliphatic carbocycles. The summed E-state index contributed by atoms with van der Waals surface area (Å²) in [7, 11) is 0. The molecular weight excluding hydrogens is 624 g/mol. The maximum absolute atomic E-state index is 13.8. The molecule has 1 aromatic heterocycles. The molecule has 0 bridgehead atoms. The third kappa shape index (κ3) is 11.7. The first kappa shape index (κ1) is 38.7. The molecule has 0 saturated carbocycles. The number of nitrogens with two attached hydrogens (primary N) is 1. The quantitative estimate of drug-likeness (QED) is 0.235. The van der Waals surface area contributed by atoms with Gasteiger partial charge < -0.3 is 35.3 Å². The molecule has 2 aromatic carbocycles. The van der Waals surface area contributed by atoms with Gasteiger partial charge in [0.2, 0.25) is 11.8 Å². The van der Waals surface area contributed by atoms with Crippen LogP contribution >= 0.6 is 0 Å². The van der Waals surface area contributed by atoms with Crippen LogP contribution in [-0.4, -0.2) is 69.1 Å². The standard InChI is InChI=1S/C28H34N4O3.C9H18N2O3/c1-22-13-16-31(17-14-22)27(34)28(2,24-11-7-4-8-12-24)32-19-25(29-21-32)30-26(33)15-18-35-20-23-9-5-3-6-10-23;1-8(2,3)14-7(13)11-9(4,5)6(10)12/h3-12,19,21-22H,13-18,20H2,1-2H3,(H,30,33);1-5H3,(H2,10,12)(H,11,13). The summed E-state index contributed by atoms with van der Waals surface area (Å²) < 4.78 is 12.4. The molecule has 266 valence electrons. The molecule has 1 fully saturated rings. The third-order valence-electron chi connectivity index (χ3n) is 8.20. The molecule has 4 amide bonds. The van der Waals surface area contributed by atoms with Crippen molar-refractivity contribution in [2.75, 3.05) is 25.0 Å². The topological polar surface area (TPSA) is 158 Å². The van der Waals surface area contributed by atoms with Crippen LogP contribution in [0.4, 0.5) is 10.6 Å². The zero-order valence-corrected chi connectivity index (χ0v) is 29.8. The number of nitrogens with zero attached hydrogens (tertiary/aromatic N) is 3. The molecule has 12 nitrogen and oxygen atoms in total. The predicted molar refractivity (Wildman–Crippen MR) is 188 cm³/mol. The fraction of sp³-hybridized carbons (Fsp3) is 0.486. The molecule has 1 aliphatic rings. The zero-order chi connectivity index (χ0) is 36.2. The summed E-state index contributed by atoms with van der Waals surface area (Å²) in [5.41, 5.74) is 4.38. The van der Waals surface area contributed by atoms with Gasteiger partial charge in [-0.3, -0.25) is 14.4 Å². The molecule has 2 heterocycles. The molecule has 12 heteroatoms. The number of aromatic nitrogens is 2. The normalized spacial score (nSPS) is 14.9. The van der Waals surface area contributed by atoms with Gasteiger partial charge in [0.15, 0.2) is 5.82 Å². The van der Waals surface area contributed by atoms with Gasteiger partial charge in [0, 0.05) is 19.3 Å². The third-order valence-corrected chi connectivity index (χ3v) is 8.20. The van der Waals surface area contributed by atoms with Gasteiger partial charge in [0.25, 0.3) is 5.91 Å². The van der Waals surface area contributed by atoms with Gasteiger partial charge in [-0.1, -0.05) is 67.6 Å². The highest BCUT2D eigenvalue weighted by Crippen LogP contribution is 2.31. The first-order valence-corrected chi connectivity index (χ1v) is 16.6. The highest BCUT2D eigenvalue weighted by molar-refractivity contribution is 5.90. The number of nitrogens with one attached hydrogen (secondary N) is 2. The highest BCUT2D eigenvalue weighted by atomic mass is 16.6. The van der Waals surface area contributed by atoms with Crippen LogP contribution < -0.4 is 16.4 Å². The van der Waals surface area contributed by atoms with Crippen LogP contribution in [0.1, 0.15) is 78.9 Å². The van der Waals surface area contributed by atoms with Crippen molar-refractivity contribution in [3.8, 4) is 0 Å². The molecule has 1 aliphatic heterocycles. The smallest absolute Gasteiger partial charge is 0.408 e. The summed E-state index contributed by atoms with van der Waals surface area (Å²) in [5.74, 6) is 0.304. The van der Waals surface area contributed by atoms with Crippen LogP contribution in [0.5, 0.6) is 0 Å². The fourth-order valence-electron chi connectivity index (χ4n) is 5.05. The Morgan fingerprint density at radius 1 is 0.918 bits per heavy atom. The summed E-state index contributed by atoms with van der Waals surface area (Å²) in [6, 6.07) is 19.6. The van der Waals surface area contributed by atoms with E-state index in [0.29, 0.717) is 24.9 Å². The number of anilines is 1. The second kappa shape index (κ2) is 17.1. The molecule has 0 spiro atoms. The second-order valence-corrected chi connectivity index (χ2v) is 14.0. The number of amides is 4. The monoisotopic (exact) mass is 676 g/mol. The van der Waals surface area contributed by atoms with Gasteiger partial charge in [-0.15, -0.1) is 0 Å². The predicted octanol–water partition coefficient (Wildman–Crippen LogP) is 5.23. The average Bonchev–Trinajstić information content (AvgIpc) is 3.51. The fourth-order valence-corrected chi connectivity index (χ4v) is 5.05. The average molecular weight is 677 g/mol. The molecule has 4 rings (SSSR count). The number of hydrogen-bond donors (Lipinski definition) is 3. The van der Waals surface area contributed by atoms with Crippen molar-refractivity contribution >= 4 is 29.6 Å². The van der Waals surface area contributed by atoms with Crippen molar-refractivity contribution in [3.63, 3.8) is 0 Å². The zero-order valence-electron chi connectivity index (χ0n) is 29.8. The lowest BCUT2D eigenvalue weighted by atomic mass is 9.88. The number of alkyl carbamates (subject to hydrolysis) is 1. The number of ether oxygens (including phenoxy) is 2. The van der Waals surface area contributed by atoms with Crippen LogP contribution in [0.25, 0.3) is 0 Å². The van der Waals surface area contributed by atoms with Crippen molar-refractivity contribution in [2.45, 2.75) is 91.0 Å². The number of primary amides is 1. The molecule has 4 N–H and O–H groups in total. The van der Waals surface area contributed by atoms with Crippen molar-refractivity contribution in [3.05, 3.63) is 84.3 Å². The second-order valence-electron chi connectivity index (χ2n) is 14.0. The van der Waals surface area contributed by atoms with E-state index in [9.17, 15) is 19.2 Å². The minimum Gasteiger partial charge on any atom is -0.444 e. The van der Waals surface area contributed by atoms with E-state index < -0.39 is 28.7 Å². The van der Waals surface area contributed by atoms with E-state index in [2.05, 4.69) is 22.5 Å². The maximum atomic E-state index is 13.8. The Balaban J connectivity index is 0.000000393. The summed E-state index contributed by atoms with van der Waals surface area (Å²) in [5, 5.41) is 5.21. The Labute approximate surface area is 289 Å². The van der Waals surface area contributed by atoms with Crippen LogP contribution in [0.2, 0.25) is 0 Å². The number of piperidine rings is 1. The first-order chi connectivity index (χ1) is 23.0. The van der Waals surface area contributed by atoms with Crippen LogP contribution in [0.15, 0.2) is 73.2 Å². The highest BCUT2D eigenvalue weighted by Gasteiger charge is 2.41. The molecular formula is C37H52N6O6. The van der Waals surface area contributed by atoms with E-state index in [-0.39, 0.29) is 18.2 Å². The van der Waals surface area contributed by atoms with Gasteiger partial charge in [0.05, 0.1) is 26.0 Å². The van der Waals surface area contributed by atoms with Gasteiger partial charge in [-0.2, -0.15) is 0 Å². The van der Waals surface area contributed by atoms with Gasteiger partial charge in [0.1, 0.15) is 16.7 Å². The number of hydrogen-bond acceptors (Lipinski definition) is 7. The maximum Gasteiger partial charge on any atom is 0.408 e. The number of rotatable bonds is 11. The Kier molecular flexibility index (Phi) is 13.5. The van der Waals surface area contributed by atoms with E-state index in [1.54, 1.807) is 33.3 Å². The first-order valence-electron chi connectivity index (χ1n) is 16.6. The number of carbonyl (C=O) groups is 4. The molecule has 0 radical (unpaired) electrons. The van der Waals surface area contributed by atoms with Crippen LogP contribution in [0.3, 0.4) is 0 Å². The molecule has 3 aromatic rings. The summed E-state index contributed by atoms with van der Waals surface area (Å²) in [6.45, 7) is 14.7. The Morgan fingerprint density at radius 2 is 1.51 bits per heavy atom. The van der Waals surface area contributed by atoms with E-state index in [1.807, 2.05) is 77.1 Å². The minimum absolute atomic E-state index is 0.0418. The summed E-state index contributed by atoms with van der Waals surface area (Å²) in [4.78, 5) is 54.7. The number of imidazole rings is 1. The van der Waals surface area contributed by atoms with E-state index in [0.717, 1.165) is 37.1 Å². The molecule has 1 atom stereocenters. The van der Waals surface area contributed by atoms with Gasteiger partial charge in [-0.05, 0) is 71.4 Å². The lowest BCUT2D eigenvalue weighted by Crippen LogP contribution is -2.54. The van der Waals surface area contributed by atoms with Gasteiger partial charge in [-0.25, -0.2) is 9.78 Å². The van der Waals surface area contributed by atoms with E-state index in [1.165, 1.54) is 13.8 Å². The lowest BCUT2D eigenvalue weighted by Gasteiger charge is -2.38. The summed E-state index contributed by atoms with van der Waals surface area (Å²) >= 11 is 0. The number of likely N-dealkylation sites (tertiary alicyclic amines) is 1. The summed E-state index contributed by atoms with van der Waals surface area (Å²) in [6.07, 6.45) is 4.95. The molecule has 1 unspecified atom stereocenters. The largest absolute Gasteiger partial charge is 0.444 e. The minimum atomic E-state index is -1.09. The van der Waals surface area contributed by atoms with E-state index in [4.69, 9.17) is 15.2 Å². The Bertz CT molecular complexity index is 1530. The van der Waals surface area contributed by atoms with Crippen molar-refractivity contribution in [2.24, 2.45) is 11.7 Å². The Hall–Kier alpha value is -4.71. The number of benzene rings is 2. The van der Waals surface area contributed by atoms with Crippen LogP contribution in [-0.2, 0) is 36.0 Å². The molecule has 49 heavy (non-hydrogen) atoms. The van der Waals surface area contributed by atoms with Crippen LogP contribution in [0, 0.1) is 5.92 Å². The Morgan fingerprint density at radius 3 is 2.08 bits per heavy atom. The lowest BCUT2D eigenvalue weighted by molar-refractivity contribution is -0.139. The number of carbonyl (C=O) groups excluding carboxylic acids is 4. The van der Waals surface area contributed by atoms with Crippen molar-refractivity contribution in [1.82, 2.24) is 19.8 Å². The van der Waals surface area contributed by atoms with Crippen molar-refractivity contribution in [1.29, 1.82) is 0 Å². The SMILES string of the molecule is CC(C)(C)OC(=O)NC(C)(C)C(N)=O.CC1CCN(C(=O)C(C)(c2ccccc2)n2cnc(NC(=O)CCOCc3ccccc3)c2)CC1. The van der Waals surface area contributed by atoms with Gasteiger partial charge >= 0.3 is 6.09 Å².